The summed E-state index contributed by atoms with van der Waals surface area (Å²) in [4.78, 5) is 4.31. The fourth-order valence-corrected chi connectivity index (χ4v) is 3.57. The van der Waals surface area contributed by atoms with E-state index in [0.717, 1.165) is 35.2 Å². The maximum absolute atomic E-state index is 9.80. The van der Waals surface area contributed by atoms with Gasteiger partial charge in [-0.2, -0.15) is 5.10 Å². The number of pyridine rings is 1. The Morgan fingerprint density at radius 2 is 2.12 bits per heavy atom. The molecule has 32 heavy (non-hydrogen) atoms. The van der Waals surface area contributed by atoms with Crippen LogP contribution in [0.3, 0.4) is 0 Å². The van der Waals surface area contributed by atoms with Gasteiger partial charge < -0.3 is 15.6 Å². The highest BCUT2D eigenvalue weighted by Gasteiger charge is 2.16. The van der Waals surface area contributed by atoms with Gasteiger partial charge >= 0.3 is 0 Å². The Bertz CT molecular complexity index is 1130. The quantitative estimate of drug-likeness (QED) is 0.535. The van der Waals surface area contributed by atoms with Crippen LogP contribution in [0, 0.1) is 11.8 Å². The van der Waals surface area contributed by atoms with Gasteiger partial charge in [0.25, 0.3) is 0 Å². The zero-order valence-electron chi connectivity index (χ0n) is 18.5. The van der Waals surface area contributed by atoms with Crippen molar-refractivity contribution in [3.8, 4) is 28.7 Å². The molecule has 0 spiro atoms. The molecule has 0 bridgehead atoms. The van der Waals surface area contributed by atoms with Crippen LogP contribution in [-0.4, -0.2) is 32.0 Å². The molecule has 1 aromatic carbocycles. The van der Waals surface area contributed by atoms with Crippen LogP contribution in [0.5, 0.6) is 5.75 Å². The van der Waals surface area contributed by atoms with Gasteiger partial charge in [-0.15, -0.1) is 0 Å². The average Bonchev–Trinajstić information content (AvgIpc) is 3.28. The number of nitrogens with zero attached hydrogens (tertiary/aromatic N) is 3. The Morgan fingerprint density at radius 1 is 1.25 bits per heavy atom. The molecule has 0 aliphatic carbocycles. The third kappa shape index (κ3) is 5.67. The molecule has 7 heteroatoms. The number of aliphatic hydroxyl groups is 1. The summed E-state index contributed by atoms with van der Waals surface area (Å²) < 4.78 is 7.96. The summed E-state index contributed by atoms with van der Waals surface area (Å²) in [6.07, 6.45) is 9.35. The van der Waals surface area contributed by atoms with Crippen molar-refractivity contribution < 1.29 is 9.84 Å². The van der Waals surface area contributed by atoms with Crippen molar-refractivity contribution in [1.82, 2.24) is 20.1 Å². The Balaban J connectivity index is 1.47. The first kappa shape index (κ1) is 21.9. The maximum Gasteiger partial charge on any atom is 0.166 e. The molecule has 3 aromatic rings. The van der Waals surface area contributed by atoms with Crippen molar-refractivity contribution in [3.63, 3.8) is 0 Å². The minimum absolute atomic E-state index is 0.238. The van der Waals surface area contributed by atoms with E-state index in [0.29, 0.717) is 18.2 Å². The lowest BCUT2D eigenvalue weighted by molar-refractivity contribution is 0.143. The highest BCUT2D eigenvalue weighted by Crippen LogP contribution is 2.28. The zero-order valence-corrected chi connectivity index (χ0v) is 18.5. The summed E-state index contributed by atoms with van der Waals surface area (Å²) in [5.41, 5.74) is 8.67. The molecule has 4 N–H and O–H groups in total. The number of benzene rings is 1. The monoisotopic (exact) mass is 431 g/mol. The van der Waals surface area contributed by atoms with Crippen LogP contribution in [0.25, 0.3) is 11.1 Å². The van der Waals surface area contributed by atoms with Crippen LogP contribution < -0.4 is 15.8 Å². The van der Waals surface area contributed by atoms with E-state index in [2.05, 4.69) is 27.2 Å². The number of rotatable bonds is 5. The van der Waals surface area contributed by atoms with Gasteiger partial charge in [-0.05, 0) is 63.4 Å². The van der Waals surface area contributed by atoms with Gasteiger partial charge in [0.2, 0.25) is 0 Å². The molecule has 1 atom stereocenters. The number of aromatic nitrogens is 3. The SMILES string of the molecule is CC(C)(O)C#Cc1cccc(COc2cc(-c3cnn(C4CCCCN4)c3)cnc2N)c1. The first-order chi connectivity index (χ1) is 15.4. The Kier molecular flexibility index (Phi) is 6.45. The lowest BCUT2D eigenvalue weighted by atomic mass is 10.1. The van der Waals surface area contributed by atoms with E-state index in [1.54, 1.807) is 20.0 Å². The standard InChI is InChI=1S/C25H29N5O2/c1-25(2,31)10-9-18-6-5-7-19(12-18)17-32-22-13-20(14-28-24(22)26)21-15-29-30(16-21)23-8-3-4-11-27-23/h5-7,12-16,23,27,31H,3-4,8,11,17H2,1-2H3,(H2,26,28). The highest BCUT2D eigenvalue weighted by molar-refractivity contribution is 5.65. The maximum atomic E-state index is 9.80. The predicted molar refractivity (Wildman–Crippen MR) is 125 cm³/mol. The molecular formula is C25H29N5O2. The second-order valence-electron chi connectivity index (χ2n) is 8.58. The van der Waals surface area contributed by atoms with E-state index in [1.807, 2.05) is 47.4 Å². The van der Waals surface area contributed by atoms with Gasteiger partial charge in [0, 0.05) is 29.1 Å². The van der Waals surface area contributed by atoms with E-state index in [9.17, 15) is 5.11 Å². The number of nitrogen functional groups attached to an aromatic ring is 1. The molecule has 4 rings (SSSR count). The molecule has 3 heterocycles. The van der Waals surface area contributed by atoms with E-state index < -0.39 is 5.60 Å². The Labute approximate surface area is 188 Å². The molecule has 0 saturated carbocycles. The van der Waals surface area contributed by atoms with Gasteiger partial charge in [0.1, 0.15) is 18.4 Å². The van der Waals surface area contributed by atoms with Crippen molar-refractivity contribution in [3.05, 3.63) is 60.0 Å². The summed E-state index contributed by atoms with van der Waals surface area (Å²) >= 11 is 0. The third-order valence-corrected chi connectivity index (χ3v) is 5.25. The van der Waals surface area contributed by atoms with E-state index in [4.69, 9.17) is 10.5 Å². The first-order valence-corrected chi connectivity index (χ1v) is 10.9. The molecule has 166 valence electrons. The van der Waals surface area contributed by atoms with E-state index in [-0.39, 0.29) is 6.17 Å². The number of ether oxygens (including phenoxy) is 1. The normalized spacial score (nSPS) is 16.3. The second kappa shape index (κ2) is 9.43. The van der Waals surface area contributed by atoms with Crippen molar-refractivity contribution >= 4 is 5.82 Å². The van der Waals surface area contributed by atoms with Crippen LogP contribution >= 0.6 is 0 Å². The van der Waals surface area contributed by atoms with Crippen molar-refractivity contribution in [2.24, 2.45) is 0 Å². The van der Waals surface area contributed by atoms with E-state index >= 15 is 0 Å². The van der Waals surface area contributed by atoms with Crippen molar-refractivity contribution in [2.45, 2.75) is 51.5 Å². The predicted octanol–water partition coefficient (Wildman–Crippen LogP) is 3.50. The highest BCUT2D eigenvalue weighted by atomic mass is 16.5. The molecule has 1 aliphatic heterocycles. The third-order valence-electron chi connectivity index (χ3n) is 5.25. The van der Waals surface area contributed by atoms with E-state index in [1.165, 1.54) is 12.8 Å². The van der Waals surface area contributed by atoms with Crippen LogP contribution in [-0.2, 0) is 6.61 Å². The lowest BCUT2D eigenvalue weighted by Crippen LogP contribution is -2.31. The van der Waals surface area contributed by atoms with Crippen LogP contribution in [0.1, 0.15) is 50.4 Å². The fraction of sp³-hybridized carbons (Fsp3) is 0.360. The van der Waals surface area contributed by atoms with Crippen LogP contribution in [0.4, 0.5) is 5.82 Å². The van der Waals surface area contributed by atoms with Crippen molar-refractivity contribution in [1.29, 1.82) is 0 Å². The summed E-state index contributed by atoms with van der Waals surface area (Å²) in [5, 5.41) is 17.8. The molecule has 7 nitrogen and oxygen atoms in total. The Hall–Kier alpha value is -3.34. The number of hydrogen-bond acceptors (Lipinski definition) is 6. The average molecular weight is 432 g/mol. The molecule has 1 aliphatic rings. The number of piperidine rings is 1. The molecule has 0 radical (unpaired) electrons. The minimum Gasteiger partial charge on any atom is -0.485 e. The number of nitrogens with one attached hydrogen (secondary N) is 1. The first-order valence-electron chi connectivity index (χ1n) is 10.9. The van der Waals surface area contributed by atoms with Gasteiger partial charge in [0.15, 0.2) is 11.6 Å². The number of hydrogen-bond donors (Lipinski definition) is 3. The number of nitrogens with two attached hydrogens (primary N) is 1. The van der Waals surface area contributed by atoms with Gasteiger partial charge in [-0.25, -0.2) is 4.98 Å². The topological polar surface area (TPSA) is 98.2 Å². The molecule has 2 aromatic heterocycles. The molecule has 1 unspecified atom stereocenters. The number of anilines is 1. The smallest absolute Gasteiger partial charge is 0.166 e. The van der Waals surface area contributed by atoms with Crippen molar-refractivity contribution in [2.75, 3.05) is 12.3 Å². The van der Waals surface area contributed by atoms with Crippen LogP contribution in [0.15, 0.2) is 48.9 Å². The molecule has 1 saturated heterocycles. The summed E-state index contributed by atoms with van der Waals surface area (Å²) in [6.45, 7) is 4.67. The summed E-state index contributed by atoms with van der Waals surface area (Å²) in [7, 11) is 0. The minimum atomic E-state index is -1.03. The van der Waals surface area contributed by atoms with Gasteiger partial charge in [0.05, 0.1) is 6.20 Å². The molecule has 1 fully saturated rings. The second-order valence-corrected chi connectivity index (χ2v) is 8.58. The fourth-order valence-electron chi connectivity index (χ4n) is 3.57. The Morgan fingerprint density at radius 3 is 2.91 bits per heavy atom. The molecule has 0 amide bonds. The summed E-state index contributed by atoms with van der Waals surface area (Å²) in [6, 6.07) is 9.61. The largest absolute Gasteiger partial charge is 0.485 e. The van der Waals surface area contributed by atoms with Gasteiger partial charge in [-0.1, -0.05) is 24.0 Å². The lowest BCUT2D eigenvalue weighted by Gasteiger charge is -2.23. The molecular weight excluding hydrogens is 402 g/mol. The van der Waals surface area contributed by atoms with Crippen LogP contribution in [0.2, 0.25) is 0 Å². The summed E-state index contributed by atoms with van der Waals surface area (Å²) in [5.74, 6) is 6.68. The van der Waals surface area contributed by atoms with Gasteiger partial charge in [-0.3, -0.25) is 10.00 Å². The zero-order chi connectivity index (χ0) is 22.6.